The van der Waals surface area contributed by atoms with Gasteiger partial charge in [-0.1, -0.05) is 18.2 Å². The van der Waals surface area contributed by atoms with E-state index in [4.69, 9.17) is 4.74 Å². The molecule has 0 spiro atoms. The topological polar surface area (TPSA) is 58.6 Å². The first-order valence-electron chi connectivity index (χ1n) is 7.94. The van der Waals surface area contributed by atoms with Crippen molar-refractivity contribution in [2.75, 3.05) is 13.2 Å². The van der Waals surface area contributed by atoms with Crippen molar-refractivity contribution in [1.82, 2.24) is 10.2 Å². The second-order valence-electron chi connectivity index (χ2n) is 5.77. The number of rotatable bonds is 5. The molecule has 2 heterocycles. The van der Waals surface area contributed by atoms with Crippen LogP contribution in [-0.2, 0) is 22.6 Å². The second-order valence-corrected chi connectivity index (χ2v) is 6.77. The molecule has 0 saturated carbocycles. The van der Waals surface area contributed by atoms with Crippen LogP contribution in [0.3, 0.4) is 0 Å². The zero-order valence-electron chi connectivity index (χ0n) is 13.5. The molecule has 0 unspecified atom stereocenters. The number of nitrogens with zero attached hydrogens (tertiary/aromatic N) is 1. The maximum absolute atomic E-state index is 12.5. The predicted octanol–water partition coefficient (Wildman–Crippen LogP) is 2.22. The van der Waals surface area contributed by atoms with Gasteiger partial charge in [0.15, 0.2) is 6.61 Å². The highest BCUT2D eigenvalue weighted by Gasteiger charge is 2.26. The van der Waals surface area contributed by atoms with Gasteiger partial charge in [0.1, 0.15) is 11.8 Å². The van der Waals surface area contributed by atoms with Gasteiger partial charge in [-0.15, -0.1) is 11.3 Å². The van der Waals surface area contributed by atoms with E-state index in [9.17, 15) is 9.59 Å². The van der Waals surface area contributed by atoms with E-state index in [1.54, 1.807) is 35.3 Å². The highest BCUT2D eigenvalue weighted by atomic mass is 32.1. The van der Waals surface area contributed by atoms with Crippen molar-refractivity contribution in [1.29, 1.82) is 0 Å². The number of amides is 2. The van der Waals surface area contributed by atoms with Crippen LogP contribution in [0.15, 0.2) is 41.8 Å². The molecule has 1 atom stereocenters. The molecule has 3 rings (SSSR count). The average Bonchev–Trinajstić information content (AvgIpc) is 3.07. The standard InChI is InChI=1S/C18H20N2O3S/c1-13(19-17(21)12-23-15-5-3-2-4-6-15)18(22)20-9-7-16-14(11-20)8-10-24-16/h2-6,8,10,13H,7,9,11-12H2,1H3,(H,19,21)/t13-/m1/s1. The first-order valence-corrected chi connectivity index (χ1v) is 8.82. The second kappa shape index (κ2) is 7.49. The minimum absolute atomic E-state index is 0.0556. The van der Waals surface area contributed by atoms with Crippen LogP contribution in [-0.4, -0.2) is 35.9 Å². The Balaban J connectivity index is 1.48. The summed E-state index contributed by atoms with van der Waals surface area (Å²) in [5.74, 6) is 0.278. The quantitative estimate of drug-likeness (QED) is 0.905. The number of benzene rings is 1. The molecule has 6 heteroatoms. The SMILES string of the molecule is C[C@@H](NC(=O)COc1ccccc1)C(=O)N1CCc2sccc2C1. The largest absolute Gasteiger partial charge is 0.484 e. The molecule has 126 valence electrons. The van der Waals surface area contributed by atoms with Gasteiger partial charge < -0.3 is 15.0 Å². The smallest absolute Gasteiger partial charge is 0.258 e. The summed E-state index contributed by atoms with van der Waals surface area (Å²) in [6, 6.07) is 10.6. The Labute approximate surface area is 145 Å². The van der Waals surface area contributed by atoms with Gasteiger partial charge in [0.05, 0.1) is 0 Å². The van der Waals surface area contributed by atoms with Gasteiger partial charge in [-0.3, -0.25) is 9.59 Å². The minimum Gasteiger partial charge on any atom is -0.484 e. The Morgan fingerprint density at radius 3 is 2.88 bits per heavy atom. The van der Waals surface area contributed by atoms with Gasteiger partial charge in [-0.2, -0.15) is 0 Å². The summed E-state index contributed by atoms with van der Waals surface area (Å²) < 4.78 is 5.39. The highest BCUT2D eigenvalue weighted by molar-refractivity contribution is 7.10. The predicted molar refractivity (Wildman–Crippen MR) is 93.0 cm³/mol. The Kier molecular flexibility index (Phi) is 5.15. The van der Waals surface area contributed by atoms with Crippen LogP contribution < -0.4 is 10.1 Å². The molecule has 0 fully saturated rings. The van der Waals surface area contributed by atoms with Crippen molar-refractivity contribution in [3.63, 3.8) is 0 Å². The molecule has 2 amide bonds. The van der Waals surface area contributed by atoms with E-state index >= 15 is 0 Å². The van der Waals surface area contributed by atoms with Gasteiger partial charge in [0, 0.05) is 18.0 Å². The van der Waals surface area contributed by atoms with E-state index in [1.165, 1.54) is 10.4 Å². The molecule has 1 aromatic heterocycles. The zero-order valence-corrected chi connectivity index (χ0v) is 14.3. The van der Waals surface area contributed by atoms with Crippen molar-refractivity contribution < 1.29 is 14.3 Å². The summed E-state index contributed by atoms with van der Waals surface area (Å²) >= 11 is 1.74. The Morgan fingerprint density at radius 1 is 1.29 bits per heavy atom. The lowest BCUT2D eigenvalue weighted by molar-refractivity contribution is -0.137. The van der Waals surface area contributed by atoms with E-state index in [1.807, 2.05) is 18.2 Å². The van der Waals surface area contributed by atoms with Crippen molar-refractivity contribution in [2.45, 2.75) is 25.9 Å². The van der Waals surface area contributed by atoms with Crippen LogP contribution in [0, 0.1) is 0 Å². The number of hydrogen-bond acceptors (Lipinski definition) is 4. The van der Waals surface area contributed by atoms with Crippen LogP contribution >= 0.6 is 11.3 Å². The highest BCUT2D eigenvalue weighted by Crippen LogP contribution is 2.24. The van der Waals surface area contributed by atoms with Crippen LogP contribution in [0.2, 0.25) is 0 Å². The number of hydrogen-bond donors (Lipinski definition) is 1. The molecule has 1 aromatic carbocycles. The Morgan fingerprint density at radius 2 is 2.08 bits per heavy atom. The molecule has 0 bridgehead atoms. The minimum atomic E-state index is -0.558. The molecular formula is C18H20N2O3S. The van der Waals surface area contributed by atoms with Crippen LogP contribution in [0.25, 0.3) is 0 Å². The van der Waals surface area contributed by atoms with E-state index in [0.717, 1.165) is 6.42 Å². The van der Waals surface area contributed by atoms with Crippen molar-refractivity contribution in [3.8, 4) is 5.75 Å². The molecule has 2 aromatic rings. The maximum Gasteiger partial charge on any atom is 0.258 e. The first kappa shape index (κ1) is 16.5. The number of nitrogens with one attached hydrogen (secondary N) is 1. The summed E-state index contributed by atoms with van der Waals surface area (Å²) in [6.45, 7) is 2.94. The summed E-state index contributed by atoms with van der Waals surface area (Å²) in [5, 5.41) is 4.77. The monoisotopic (exact) mass is 344 g/mol. The molecule has 24 heavy (non-hydrogen) atoms. The lowest BCUT2D eigenvalue weighted by atomic mass is 10.1. The number of carbonyl (C=O) groups excluding carboxylic acids is 2. The van der Waals surface area contributed by atoms with E-state index in [2.05, 4.69) is 16.8 Å². The maximum atomic E-state index is 12.5. The van der Waals surface area contributed by atoms with Crippen molar-refractivity contribution in [3.05, 3.63) is 52.2 Å². The normalized spacial score (nSPS) is 14.6. The molecule has 0 radical (unpaired) electrons. The van der Waals surface area contributed by atoms with Crippen LogP contribution in [0.5, 0.6) is 5.75 Å². The molecular weight excluding hydrogens is 324 g/mol. The lowest BCUT2D eigenvalue weighted by Crippen LogP contribution is -2.49. The zero-order chi connectivity index (χ0) is 16.9. The van der Waals surface area contributed by atoms with Gasteiger partial charge in [0.2, 0.25) is 5.91 Å². The average molecular weight is 344 g/mol. The molecule has 1 aliphatic rings. The number of fused-ring (bicyclic) bond motifs is 1. The third-order valence-corrected chi connectivity index (χ3v) is 5.00. The fourth-order valence-corrected chi connectivity index (χ4v) is 3.61. The van der Waals surface area contributed by atoms with E-state index in [0.29, 0.717) is 18.8 Å². The molecule has 0 saturated heterocycles. The van der Waals surface area contributed by atoms with Gasteiger partial charge in [-0.05, 0) is 42.5 Å². The third kappa shape index (κ3) is 3.94. The molecule has 0 aliphatic carbocycles. The van der Waals surface area contributed by atoms with E-state index in [-0.39, 0.29) is 18.4 Å². The Hall–Kier alpha value is -2.34. The van der Waals surface area contributed by atoms with Crippen LogP contribution in [0.1, 0.15) is 17.4 Å². The van der Waals surface area contributed by atoms with E-state index < -0.39 is 6.04 Å². The first-order chi connectivity index (χ1) is 11.6. The summed E-state index contributed by atoms with van der Waals surface area (Å²) in [6.07, 6.45) is 0.885. The lowest BCUT2D eigenvalue weighted by Gasteiger charge is -2.29. The summed E-state index contributed by atoms with van der Waals surface area (Å²) in [5.41, 5.74) is 1.21. The number of para-hydroxylation sites is 1. The van der Waals surface area contributed by atoms with Crippen LogP contribution in [0.4, 0.5) is 0 Å². The number of carbonyl (C=O) groups is 2. The van der Waals surface area contributed by atoms with Gasteiger partial charge >= 0.3 is 0 Å². The summed E-state index contributed by atoms with van der Waals surface area (Å²) in [7, 11) is 0. The number of thiophene rings is 1. The number of ether oxygens (including phenoxy) is 1. The molecule has 5 nitrogen and oxygen atoms in total. The molecule has 1 N–H and O–H groups in total. The van der Waals surface area contributed by atoms with Gasteiger partial charge in [-0.25, -0.2) is 0 Å². The van der Waals surface area contributed by atoms with Gasteiger partial charge in [0.25, 0.3) is 5.91 Å². The van der Waals surface area contributed by atoms with Crippen molar-refractivity contribution in [2.24, 2.45) is 0 Å². The third-order valence-electron chi connectivity index (χ3n) is 3.98. The Bertz CT molecular complexity index is 714. The summed E-state index contributed by atoms with van der Waals surface area (Å²) in [4.78, 5) is 27.6. The molecule has 1 aliphatic heterocycles. The fraction of sp³-hybridized carbons (Fsp3) is 0.333. The fourth-order valence-electron chi connectivity index (χ4n) is 2.72. The van der Waals surface area contributed by atoms with Crippen molar-refractivity contribution >= 4 is 23.2 Å².